The third-order valence-electron chi connectivity index (χ3n) is 2.86. The van der Waals surface area contributed by atoms with Gasteiger partial charge in [0.05, 0.1) is 17.6 Å². The van der Waals surface area contributed by atoms with Gasteiger partial charge in [-0.25, -0.2) is 13.2 Å². The smallest absolute Gasteiger partial charge is 0.337 e. The zero-order chi connectivity index (χ0) is 15.2. The topological polar surface area (TPSA) is 63.7 Å². The van der Waals surface area contributed by atoms with Gasteiger partial charge in [0, 0.05) is 13.1 Å². The van der Waals surface area contributed by atoms with Gasteiger partial charge in [-0.1, -0.05) is 13.8 Å². The first-order valence-electron chi connectivity index (χ1n) is 6.65. The Hall–Kier alpha value is -1.40. The summed E-state index contributed by atoms with van der Waals surface area (Å²) in [6.45, 7) is 4.88. The summed E-state index contributed by atoms with van der Waals surface area (Å²) >= 11 is 0. The summed E-state index contributed by atoms with van der Waals surface area (Å²) in [5.41, 5.74) is 0.337. The minimum atomic E-state index is -3.49. The van der Waals surface area contributed by atoms with E-state index >= 15 is 0 Å². The van der Waals surface area contributed by atoms with Crippen molar-refractivity contribution in [3.63, 3.8) is 0 Å². The lowest BCUT2D eigenvalue weighted by molar-refractivity contribution is 0.0600. The predicted molar refractivity (Wildman–Crippen MR) is 77.1 cm³/mol. The number of rotatable bonds is 7. The molecule has 1 aromatic carbocycles. The van der Waals surface area contributed by atoms with Crippen LogP contribution in [0.3, 0.4) is 0 Å². The maximum atomic E-state index is 12.5. The average molecular weight is 299 g/mol. The van der Waals surface area contributed by atoms with Crippen molar-refractivity contribution in [1.29, 1.82) is 0 Å². The van der Waals surface area contributed by atoms with Gasteiger partial charge in [-0.3, -0.25) is 0 Å². The van der Waals surface area contributed by atoms with E-state index in [-0.39, 0.29) is 4.90 Å². The molecule has 0 aliphatic carbocycles. The zero-order valence-corrected chi connectivity index (χ0v) is 12.9. The Kier molecular flexibility index (Phi) is 6.16. The fourth-order valence-corrected chi connectivity index (χ4v) is 3.50. The molecule has 20 heavy (non-hydrogen) atoms. The molecule has 0 aliphatic rings. The molecular formula is C14H21NO4S. The number of sulfonamides is 1. The Morgan fingerprint density at radius 3 is 2.00 bits per heavy atom. The fourth-order valence-electron chi connectivity index (χ4n) is 1.88. The van der Waals surface area contributed by atoms with E-state index in [4.69, 9.17) is 0 Å². The van der Waals surface area contributed by atoms with Crippen LogP contribution in [-0.4, -0.2) is 38.9 Å². The van der Waals surface area contributed by atoms with Gasteiger partial charge in [0.25, 0.3) is 0 Å². The predicted octanol–water partition coefficient (Wildman–Crippen LogP) is 2.28. The van der Waals surface area contributed by atoms with Gasteiger partial charge >= 0.3 is 5.97 Å². The normalized spacial score (nSPS) is 11.6. The first-order valence-corrected chi connectivity index (χ1v) is 8.09. The minimum Gasteiger partial charge on any atom is -0.465 e. The van der Waals surface area contributed by atoms with Crippen LogP contribution in [0.1, 0.15) is 37.0 Å². The van der Waals surface area contributed by atoms with Crippen LogP contribution < -0.4 is 0 Å². The number of carbonyl (C=O) groups is 1. The Balaban J connectivity index is 3.05. The van der Waals surface area contributed by atoms with Gasteiger partial charge in [-0.15, -0.1) is 0 Å². The van der Waals surface area contributed by atoms with Gasteiger partial charge in [0.2, 0.25) is 10.0 Å². The van der Waals surface area contributed by atoms with Crippen LogP contribution in [0.5, 0.6) is 0 Å². The number of carbonyl (C=O) groups excluding carboxylic acids is 1. The molecule has 0 heterocycles. The van der Waals surface area contributed by atoms with E-state index < -0.39 is 16.0 Å². The number of methoxy groups -OCH3 is 1. The fraction of sp³-hybridized carbons (Fsp3) is 0.500. The molecule has 112 valence electrons. The highest BCUT2D eigenvalue weighted by Gasteiger charge is 2.23. The van der Waals surface area contributed by atoms with E-state index in [1.165, 1.54) is 35.7 Å². The first kappa shape index (κ1) is 16.7. The van der Waals surface area contributed by atoms with Gasteiger partial charge in [0.15, 0.2) is 0 Å². The Labute approximate surface area is 120 Å². The lowest BCUT2D eigenvalue weighted by Gasteiger charge is -2.21. The molecule has 0 saturated heterocycles. The monoisotopic (exact) mass is 299 g/mol. The highest BCUT2D eigenvalue weighted by atomic mass is 32.2. The van der Waals surface area contributed by atoms with Crippen LogP contribution in [0, 0.1) is 0 Å². The molecule has 0 aromatic heterocycles. The molecule has 0 N–H and O–H groups in total. The highest BCUT2D eigenvalue weighted by molar-refractivity contribution is 7.89. The summed E-state index contributed by atoms with van der Waals surface area (Å²) in [6, 6.07) is 5.82. The molecule has 6 heteroatoms. The van der Waals surface area contributed by atoms with Gasteiger partial charge < -0.3 is 4.74 Å². The quantitative estimate of drug-likeness (QED) is 0.725. The molecule has 0 amide bonds. The van der Waals surface area contributed by atoms with Gasteiger partial charge in [-0.05, 0) is 37.1 Å². The van der Waals surface area contributed by atoms with Crippen molar-refractivity contribution < 1.29 is 17.9 Å². The lowest BCUT2D eigenvalue weighted by Crippen LogP contribution is -2.32. The van der Waals surface area contributed by atoms with E-state index in [0.29, 0.717) is 18.7 Å². The molecule has 0 radical (unpaired) electrons. The summed E-state index contributed by atoms with van der Waals surface area (Å²) in [5, 5.41) is 0. The Morgan fingerprint density at radius 1 is 1.10 bits per heavy atom. The van der Waals surface area contributed by atoms with E-state index in [2.05, 4.69) is 4.74 Å². The van der Waals surface area contributed by atoms with Gasteiger partial charge in [0.1, 0.15) is 0 Å². The van der Waals surface area contributed by atoms with Crippen molar-refractivity contribution in [1.82, 2.24) is 4.31 Å². The van der Waals surface area contributed by atoms with Crippen molar-refractivity contribution in [2.45, 2.75) is 31.6 Å². The molecule has 1 aromatic rings. The molecule has 0 spiro atoms. The van der Waals surface area contributed by atoms with Gasteiger partial charge in [-0.2, -0.15) is 4.31 Å². The average Bonchev–Trinajstić information content (AvgIpc) is 2.46. The maximum Gasteiger partial charge on any atom is 0.337 e. The maximum absolute atomic E-state index is 12.5. The van der Waals surface area contributed by atoms with Crippen molar-refractivity contribution in [3.05, 3.63) is 29.8 Å². The Bertz CT molecular complexity index is 531. The van der Waals surface area contributed by atoms with Crippen LogP contribution in [0.4, 0.5) is 0 Å². The van der Waals surface area contributed by atoms with Crippen LogP contribution in [0.2, 0.25) is 0 Å². The lowest BCUT2D eigenvalue weighted by atomic mass is 10.2. The largest absolute Gasteiger partial charge is 0.465 e. The summed E-state index contributed by atoms with van der Waals surface area (Å²) in [4.78, 5) is 11.5. The molecule has 0 saturated carbocycles. The molecule has 0 atom stereocenters. The molecule has 5 nitrogen and oxygen atoms in total. The van der Waals surface area contributed by atoms with Crippen molar-refractivity contribution in [2.75, 3.05) is 20.2 Å². The molecule has 0 bridgehead atoms. The van der Waals surface area contributed by atoms with Crippen molar-refractivity contribution in [2.24, 2.45) is 0 Å². The van der Waals surface area contributed by atoms with Crippen LogP contribution in [-0.2, 0) is 14.8 Å². The molecule has 0 aliphatic heterocycles. The molecule has 1 rings (SSSR count). The second-order valence-electron chi connectivity index (χ2n) is 4.42. The number of ether oxygens (including phenoxy) is 1. The SMILES string of the molecule is CCCN(CCC)S(=O)(=O)c1ccc(C(=O)OC)cc1. The summed E-state index contributed by atoms with van der Waals surface area (Å²) < 4.78 is 31.0. The zero-order valence-electron chi connectivity index (χ0n) is 12.1. The second kappa shape index (κ2) is 7.40. The number of hydrogen-bond donors (Lipinski definition) is 0. The Morgan fingerprint density at radius 2 is 1.60 bits per heavy atom. The van der Waals surface area contributed by atoms with Crippen molar-refractivity contribution >= 4 is 16.0 Å². The van der Waals surface area contributed by atoms with Crippen LogP contribution >= 0.6 is 0 Å². The van der Waals surface area contributed by atoms with E-state index in [0.717, 1.165) is 12.8 Å². The third-order valence-corrected chi connectivity index (χ3v) is 4.77. The summed E-state index contributed by atoms with van der Waals surface area (Å²) in [5.74, 6) is -0.479. The van der Waals surface area contributed by atoms with Crippen molar-refractivity contribution in [3.8, 4) is 0 Å². The third kappa shape index (κ3) is 3.80. The van der Waals surface area contributed by atoms with E-state index in [1.54, 1.807) is 0 Å². The van der Waals surface area contributed by atoms with Crippen LogP contribution in [0.25, 0.3) is 0 Å². The standard InChI is InChI=1S/C14H21NO4S/c1-4-10-15(11-5-2)20(17,18)13-8-6-12(7-9-13)14(16)19-3/h6-9H,4-5,10-11H2,1-3H3. The number of hydrogen-bond acceptors (Lipinski definition) is 4. The van der Waals surface area contributed by atoms with E-state index in [9.17, 15) is 13.2 Å². The first-order chi connectivity index (χ1) is 9.47. The number of esters is 1. The number of benzene rings is 1. The summed E-state index contributed by atoms with van der Waals surface area (Å²) in [6.07, 6.45) is 1.53. The minimum absolute atomic E-state index is 0.201. The number of nitrogens with zero attached hydrogens (tertiary/aromatic N) is 1. The van der Waals surface area contributed by atoms with E-state index in [1.807, 2.05) is 13.8 Å². The molecule has 0 fully saturated rings. The van der Waals surface area contributed by atoms with Crippen LogP contribution in [0.15, 0.2) is 29.2 Å². The second-order valence-corrected chi connectivity index (χ2v) is 6.36. The molecular weight excluding hydrogens is 278 g/mol. The highest BCUT2D eigenvalue weighted by Crippen LogP contribution is 2.17. The summed E-state index contributed by atoms with van der Waals surface area (Å²) in [7, 11) is -2.20. The molecule has 0 unspecified atom stereocenters.